The van der Waals surface area contributed by atoms with Gasteiger partial charge in [0.05, 0.1) is 13.1 Å². The van der Waals surface area contributed by atoms with E-state index in [4.69, 9.17) is 0 Å². The number of hydrogen-bond acceptors (Lipinski definition) is 2. The third-order valence-electron chi connectivity index (χ3n) is 8.24. The predicted molar refractivity (Wildman–Crippen MR) is 161 cm³/mol. The van der Waals surface area contributed by atoms with E-state index in [0.29, 0.717) is 19.5 Å². The first-order chi connectivity index (χ1) is 19.1. The number of hydrogen-bond donors (Lipinski definition) is 0. The number of carbonyl (C=O) groups excluding carboxylic acids is 2. The molecule has 1 saturated carbocycles. The second-order valence-corrected chi connectivity index (χ2v) is 11.5. The number of unbranched alkanes of at least 4 members (excludes halogenated alkanes) is 7. The number of aromatic nitrogens is 1. The summed E-state index contributed by atoms with van der Waals surface area (Å²) in [7, 11) is 0. The molecule has 0 bridgehead atoms. The Kier molecular flexibility index (Phi) is 14.2. The molecular weight excluding hydrogens is 482 g/mol. The van der Waals surface area contributed by atoms with Crippen LogP contribution < -0.4 is 0 Å². The fourth-order valence-corrected chi connectivity index (χ4v) is 5.83. The molecule has 1 aliphatic carbocycles. The van der Waals surface area contributed by atoms with Crippen molar-refractivity contribution in [2.24, 2.45) is 0 Å². The molecule has 5 heteroatoms. The standard InChI is InChI=1S/C34H53N3O2/c1-3-5-7-8-9-16-24-33(38)36(25-17-6-4-2)29-34(39)37(31-21-14-11-15-22-31)28-32-23-18-26-35(32)27-30-19-12-10-13-20-30/h10,12-13,18-20,23,26,31H,3-9,11,14-17,21-22,24-25,27-29H2,1-2H3. The Balaban J connectivity index is 1.68. The molecule has 1 aromatic carbocycles. The number of nitrogens with zero attached hydrogens (tertiary/aromatic N) is 3. The van der Waals surface area contributed by atoms with Crippen molar-refractivity contribution in [2.45, 2.75) is 129 Å². The van der Waals surface area contributed by atoms with Crippen molar-refractivity contribution in [3.05, 3.63) is 59.9 Å². The molecule has 0 saturated heterocycles. The number of rotatable bonds is 18. The monoisotopic (exact) mass is 535 g/mol. The number of carbonyl (C=O) groups is 2. The van der Waals surface area contributed by atoms with Gasteiger partial charge in [-0.2, -0.15) is 0 Å². The van der Waals surface area contributed by atoms with Gasteiger partial charge in [0.15, 0.2) is 0 Å². The van der Waals surface area contributed by atoms with E-state index in [0.717, 1.165) is 57.2 Å². The predicted octanol–water partition coefficient (Wildman–Crippen LogP) is 7.97. The lowest BCUT2D eigenvalue weighted by Crippen LogP contribution is -2.47. The van der Waals surface area contributed by atoms with Crippen LogP contribution in [0.3, 0.4) is 0 Å². The van der Waals surface area contributed by atoms with Crippen LogP contribution in [0, 0.1) is 0 Å². The normalized spacial score (nSPS) is 13.9. The first-order valence-corrected chi connectivity index (χ1v) is 15.9. The molecule has 0 spiro atoms. The minimum atomic E-state index is 0.113. The minimum absolute atomic E-state index is 0.113. The molecule has 216 valence electrons. The summed E-state index contributed by atoms with van der Waals surface area (Å²) in [6.45, 7) is 6.73. The lowest BCUT2D eigenvalue weighted by atomic mass is 9.94. The summed E-state index contributed by atoms with van der Waals surface area (Å²) in [5.41, 5.74) is 2.42. The van der Waals surface area contributed by atoms with E-state index in [2.05, 4.69) is 65.9 Å². The van der Waals surface area contributed by atoms with Crippen LogP contribution in [0.2, 0.25) is 0 Å². The number of amides is 2. The van der Waals surface area contributed by atoms with Crippen molar-refractivity contribution >= 4 is 11.8 Å². The third kappa shape index (κ3) is 10.8. The van der Waals surface area contributed by atoms with E-state index in [1.807, 2.05) is 11.0 Å². The van der Waals surface area contributed by atoms with Crippen molar-refractivity contribution in [3.8, 4) is 0 Å². The molecule has 1 fully saturated rings. The summed E-state index contributed by atoms with van der Waals surface area (Å²) < 4.78 is 2.27. The Morgan fingerprint density at radius 1 is 0.795 bits per heavy atom. The molecule has 3 rings (SSSR count). The lowest BCUT2D eigenvalue weighted by Gasteiger charge is -2.36. The summed E-state index contributed by atoms with van der Waals surface area (Å²) in [5, 5.41) is 0. The average molecular weight is 536 g/mol. The summed E-state index contributed by atoms with van der Waals surface area (Å²) in [4.78, 5) is 31.2. The van der Waals surface area contributed by atoms with Crippen LogP contribution in [0.4, 0.5) is 0 Å². The van der Waals surface area contributed by atoms with Crippen molar-refractivity contribution in [1.29, 1.82) is 0 Å². The van der Waals surface area contributed by atoms with Gasteiger partial charge < -0.3 is 14.4 Å². The van der Waals surface area contributed by atoms with Crippen LogP contribution in [0.25, 0.3) is 0 Å². The van der Waals surface area contributed by atoms with Crippen molar-refractivity contribution in [3.63, 3.8) is 0 Å². The maximum absolute atomic E-state index is 14.0. The Morgan fingerprint density at radius 3 is 2.23 bits per heavy atom. The van der Waals surface area contributed by atoms with Gasteiger partial charge in [-0.1, -0.05) is 108 Å². The molecule has 2 aromatic rings. The summed E-state index contributed by atoms with van der Waals surface area (Å²) in [6.07, 6.45) is 18.6. The molecule has 0 N–H and O–H groups in total. The second-order valence-electron chi connectivity index (χ2n) is 11.5. The van der Waals surface area contributed by atoms with E-state index in [9.17, 15) is 9.59 Å². The molecule has 1 aliphatic rings. The Bertz CT molecular complexity index is 948. The Labute approximate surface area is 238 Å². The van der Waals surface area contributed by atoms with Crippen LogP contribution in [-0.2, 0) is 22.7 Å². The molecule has 0 atom stereocenters. The molecule has 5 nitrogen and oxygen atoms in total. The molecule has 0 aliphatic heterocycles. The summed E-state index contributed by atoms with van der Waals surface area (Å²) >= 11 is 0. The zero-order chi connectivity index (χ0) is 27.7. The average Bonchev–Trinajstić information content (AvgIpc) is 3.40. The largest absolute Gasteiger partial charge is 0.345 e. The van der Waals surface area contributed by atoms with E-state index < -0.39 is 0 Å². The first-order valence-electron chi connectivity index (χ1n) is 15.9. The van der Waals surface area contributed by atoms with Crippen molar-refractivity contribution in [2.75, 3.05) is 13.1 Å². The molecule has 39 heavy (non-hydrogen) atoms. The Morgan fingerprint density at radius 2 is 1.49 bits per heavy atom. The highest BCUT2D eigenvalue weighted by molar-refractivity contribution is 5.85. The molecule has 0 radical (unpaired) electrons. The minimum Gasteiger partial charge on any atom is -0.345 e. The van der Waals surface area contributed by atoms with Crippen LogP contribution in [-0.4, -0.2) is 45.3 Å². The van der Waals surface area contributed by atoms with Gasteiger partial charge in [-0.05, 0) is 43.4 Å². The zero-order valence-electron chi connectivity index (χ0n) is 24.8. The van der Waals surface area contributed by atoms with Gasteiger partial charge in [0.1, 0.15) is 0 Å². The fourth-order valence-electron chi connectivity index (χ4n) is 5.83. The maximum Gasteiger partial charge on any atom is 0.242 e. The van der Waals surface area contributed by atoms with Crippen LogP contribution >= 0.6 is 0 Å². The van der Waals surface area contributed by atoms with Gasteiger partial charge in [0.25, 0.3) is 0 Å². The van der Waals surface area contributed by atoms with Crippen molar-refractivity contribution < 1.29 is 9.59 Å². The molecule has 2 amide bonds. The van der Waals surface area contributed by atoms with Gasteiger partial charge in [0, 0.05) is 37.4 Å². The fraction of sp³-hybridized carbons (Fsp3) is 0.647. The smallest absolute Gasteiger partial charge is 0.242 e. The van der Waals surface area contributed by atoms with Crippen LogP contribution in [0.1, 0.15) is 121 Å². The van der Waals surface area contributed by atoms with E-state index in [1.54, 1.807) is 0 Å². The summed E-state index contributed by atoms with van der Waals surface area (Å²) in [6, 6.07) is 15.0. The van der Waals surface area contributed by atoms with Crippen LogP contribution in [0.15, 0.2) is 48.7 Å². The Hall–Kier alpha value is -2.56. The quantitative estimate of drug-likeness (QED) is 0.182. The van der Waals surface area contributed by atoms with Gasteiger partial charge >= 0.3 is 0 Å². The maximum atomic E-state index is 14.0. The second kappa shape index (κ2) is 17.9. The number of benzene rings is 1. The van der Waals surface area contributed by atoms with Gasteiger partial charge in [-0.25, -0.2) is 0 Å². The van der Waals surface area contributed by atoms with Crippen molar-refractivity contribution in [1.82, 2.24) is 14.4 Å². The van der Waals surface area contributed by atoms with E-state index in [1.165, 1.54) is 50.5 Å². The molecule has 1 aromatic heterocycles. The third-order valence-corrected chi connectivity index (χ3v) is 8.24. The van der Waals surface area contributed by atoms with Gasteiger partial charge in [0.2, 0.25) is 11.8 Å². The van der Waals surface area contributed by atoms with E-state index in [-0.39, 0.29) is 24.4 Å². The summed E-state index contributed by atoms with van der Waals surface area (Å²) in [5.74, 6) is 0.271. The molecule has 0 unspecified atom stereocenters. The van der Waals surface area contributed by atoms with Gasteiger partial charge in [-0.15, -0.1) is 0 Å². The molecule has 1 heterocycles. The first kappa shape index (κ1) is 31.0. The SMILES string of the molecule is CCCCCCCCC(=O)N(CCCCC)CC(=O)N(Cc1cccn1Cc1ccccc1)C1CCCCC1. The highest BCUT2D eigenvalue weighted by Gasteiger charge is 2.28. The molecular formula is C34H53N3O2. The van der Waals surface area contributed by atoms with Crippen LogP contribution in [0.5, 0.6) is 0 Å². The topological polar surface area (TPSA) is 45.6 Å². The van der Waals surface area contributed by atoms with Gasteiger partial charge in [-0.3, -0.25) is 9.59 Å². The highest BCUT2D eigenvalue weighted by atomic mass is 16.2. The lowest BCUT2D eigenvalue weighted by molar-refractivity contribution is -0.143. The highest BCUT2D eigenvalue weighted by Crippen LogP contribution is 2.25. The van der Waals surface area contributed by atoms with E-state index >= 15 is 0 Å². The zero-order valence-corrected chi connectivity index (χ0v) is 24.8.